The number of carbonyl (C=O) groups is 1. The normalized spacial score (nSPS) is 16.8. The molecule has 6 nitrogen and oxygen atoms in total. The molecule has 1 unspecified atom stereocenters. The number of hydrogen-bond donors (Lipinski definition) is 2. The minimum Gasteiger partial charge on any atom is -0.399 e. The van der Waals surface area contributed by atoms with Crippen LogP contribution >= 0.6 is 0 Å². The quantitative estimate of drug-likeness (QED) is 0.805. The highest BCUT2D eigenvalue weighted by molar-refractivity contribution is 7.89. The van der Waals surface area contributed by atoms with Crippen molar-refractivity contribution in [2.45, 2.75) is 30.2 Å². The maximum atomic E-state index is 12.8. The summed E-state index contributed by atoms with van der Waals surface area (Å²) in [6, 6.07) is 11.3. The van der Waals surface area contributed by atoms with Gasteiger partial charge in [0.15, 0.2) is 0 Å². The van der Waals surface area contributed by atoms with E-state index >= 15 is 0 Å². The first-order chi connectivity index (χ1) is 12.3. The van der Waals surface area contributed by atoms with Crippen LogP contribution in [0.2, 0.25) is 0 Å². The summed E-state index contributed by atoms with van der Waals surface area (Å²) in [5.41, 5.74) is 9.05. The van der Waals surface area contributed by atoms with E-state index in [0.717, 1.165) is 30.4 Å². The Labute approximate surface area is 154 Å². The first kappa shape index (κ1) is 18.4. The Balaban J connectivity index is 1.83. The highest BCUT2D eigenvalue weighted by Crippen LogP contribution is 2.32. The molecule has 1 atom stereocenters. The Morgan fingerprint density at radius 2 is 1.85 bits per heavy atom. The van der Waals surface area contributed by atoms with Gasteiger partial charge in [0, 0.05) is 31.4 Å². The molecular weight excluding hydrogens is 350 g/mol. The Kier molecular flexibility index (Phi) is 5.02. The van der Waals surface area contributed by atoms with Crippen molar-refractivity contribution in [3.63, 3.8) is 0 Å². The third-order valence-electron chi connectivity index (χ3n) is 4.60. The molecule has 1 amide bonds. The van der Waals surface area contributed by atoms with E-state index in [2.05, 4.69) is 4.72 Å². The summed E-state index contributed by atoms with van der Waals surface area (Å²) in [5.74, 6) is -0.166. The molecule has 2 aromatic carbocycles. The molecule has 7 heteroatoms. The van der Waals surface area contributed by atoms with E-state index in [0.29, 0.717) is 11.3 Å². The standard InChI is InChI=1S/C19H23N3O3S/c1-22(2)19(23)13-6-9-16(10-7-13)26(24,25)21-18-5-3-4-14-12-15(20)8-11-17(14)18/h6-12,18,21H,3-5,20H2,1-2H3. The molecule has 0 fully saturated rings. The van der Waals surface area contributed by atoms with Gasteiger partial charge in [0.2, 0.25) is 10.0 Å². The van der Waals surface area contributed by atoms with Crippen LogP contribution in [-0.2, 0) is 16.4 Å². The fourth-order valence-electron chi connectivity index (χ4n) is 3.25. The summed E-state index contributed by atoms with van der Waals surface area (Å²) in [6.45, 7) is 0. The van der Waals surface area contributed by atoms with E-state index in [4.69, 9.17) is 5.73 Å². The number of hydrogen-bond acceptors (Lipinski definition) is 4. The van der Waals surface area contributed by atoms with Gasteiger partial charge in [-0.25, -0.2) is 13.1 Å². The number of nitrogens with two attached hydrogens (primary N) is 1. The summed E-state index contributed by atoms with van der Waals surface area (Å²) in [5, 5.41) is 0. The lowest BCUT2D eigenvalue weighted by atomic mass is 9.88. The fourth-order valence-corrected chi connectivity index (χ4v) is 4.50. The van der Waals surface area contributed by atoms with Gasteiger partial charge < -0.3 is 10.6 Å². The molecule has 138 valence electrons. The molecule has 0 radical (unpaired) electrons. The second-order valence-corrected chi connectivity index (χ2v) is 8.46. The van der Waals surface area contributed by atoms with Crippen LogP contribution in [-0.4, -0.2) is 33.3 Å². The third kappa shape index (κ3) is 3.73. The summed E-state index contributed by atoms with van der Waals surface area (Å²) in [7, 11) is -0.372. The predicted octanol–water partition coefficient (Wildman–Crippen LogP) is 2.33. The van der Waals surface area contributed by atoms with Crippen molar-refractivity contribution in [2.24, 2.45) is 0 Å². The second-order valence-electron chi connectivity index (χ2n) is 6.75. The topological polar surface area (TPSA) is 92.5 Å². The molecule has 0 spiro atoms. The number of nitrogens with one attached hydrogen (secondary N) is 1. The van der Waals surface area contributed by atoms with E-state index in [1.54, 1.807) is 20.2 Å². The maximum absolute atomic E-state index is 12.8. The Hall–Kier alpha value is -2.38. The Morgan fingerprint density at radius 3 is 2.50 bits per heavy atom. The molecule has 0 bridgehead atoms. The number of amides is 1. The summed E-state index contributed by atoms with van der Waals surface area (Å²) >= 11 is 0. The zero-order valence-electron chi connectivity index (χ0n) is 14.9. The van der Waals surface area contributed by atoms with Gasteiger partial charge in [-0.1, -0.05) is 6.07 Å². The van der Waals surface area contributed by atoms with Crippen molar-refractivity contribution in [2.75, 3.05) is 19.8 Å². The lowest BCUT2D eigenvalue weighted by molar-refractivity contribution is 0.0827. The zero-order chi connectivity index (χ0) is 18.9. The number of fused-ring (bicyclic) bond motifs is 1. The Bertz CT molecular complexity index is 922. The molecule has 1 aliphatic rings. The minimum atomic E-state index is -3.68. The maximum Gasteiger partial charge on any atom is 0.253 e. The smallest absolute Gasteiger partial charge is 0.253 e. The number of nitrogen functional groups attached to an aromatic ring is 1. The molecule has 0 aliphatic heterocycles. The van der Waals surface area contributed by atoms with Crippen molar-refractivity contribution in [3.05, 3.63) is 59.2 Å². The van der Waals surface area contributed by atoms with E-state index in [9.17, 15) is 13.2 Å². The molecule has 0 aromatic heterocycles. The molecule has 3 N–H and O–H groups in total. The zero-order valence-corrected chi connectivity index (χ0v) is 15.7. The van der Waals surface area contributed by atoms with E-state index in [1.165, 1.54) is 29.2 Å². The van der Waals surface area contributed by atoms with Crippen LogP contribution in [0.1, 0.15) is 40.4 Å². The van der Waals surface area contributed by atoms with E-state index < -0.39 is 10.0 Å². The van der Waals surface area contributed by atoms with Gasteiger partial charge in [-0.15, -0.1) is 0 Å². The van der Waals surface area contributed by atoms with Crippen LogP contribution in [0.25, 0.3) is 0 Å². The highest BCUT2D eigenvalue weighted by atomic mass is 32.2. The van der Waals surface area contributed by atoms with Gasteiger partial charge in [0.25, 0.3) is 5.91 Å². The summed E-state index contributed by atoms with van der Waals surface area (Å²) in [6.07, 6.45) is 2.55. The number of rotatable bonds is 4. The van der Waals surface area contributed by atoms with Crippen LogP contribution in [0.15, 0.2) is 47.4 Å². The van der Waals surface area contributed by atoms with E-state index in [-0.39, 0.29) is 16.8 Å². The minimum absolute atomic E-state index is 0.148. The monoisotopic (exact) mass is 373 g/mol. The number of nitrogens with zero attached hydrogens (tertiary/aromatic N) is 1. The first-order valence-corrected chi connectivity index (χ1v) is 9.98. The SMILES string of the molecule is CN(C)C(=O)c1ccc(S(=O)(=O)NC2CCCc3cc(N)ccc32)cc1. The van der Waals surface area contributed by atoms with Gasteiger partial charge in [0.05, 0.1) is 4.90 Å². The van der Waals surface area contributed by atoms with Gasteiger partial charge >= 0.3 is 0 Å². The predicted molar refractivity (Wildman–Crippen MR) is 101 cm³/mol. The fraction of sp³-hybridized carbons (Fsp3) is 0.316. The van der Waals surface area contributed by atoms with Crippen molar-refractivity contribution >= 4 is 21.6 Å². The molecule has 0 saturated carbocycles. The highest BCUT2D eigenvalue weighted by Gasteiger charge is 2.26. The number of sulfonamides is 1. The molecule has 1 aliphatic carbocycles. The largest absolute Gasteiger partial charge is 0.399 e. The Morgan fingerprint density at radius 1 is 1.15 bits per heavy atom. The number of carbonyl (C=O) groups excluding carboxylic acids is 1. The number of aryl methyl sites for hydroxylation is 1. The van der Waals surface area contributed by atoms with Crippen molar-refractivity contribution < 1.29 is 13.2 Å². The van der Waals surface area contributed by atoms with Crippen LogP contribution in [0.5, 0.6) is 0 Å². The van der Waals surface area contributed by atoms with Crippen LogP contribution < -0.4 is 10.5 Å². The van der Waals surface area contributed by atoms with Gasteiger partial charge in [0.1, 0.15) is 0 Å². The lowest BCUT2D eigenvalue weighted by Gasteiger charge is -2.26. The van der Waals surface area contributed by atoms with Gasteiger partial charge in [-0.2, -0.15) is 0 Å². The molecule has 0 saturated heterocycles. The average Bonchev–Trinajstić information content (AvgIpc) is 2.60. The van der Waals surface area contributed by atoms with Gasteiger partial charge in [-0.3, -0.25) is 4.79 Å². The van der Waals surface area contributed by atoms with Crippen LogP contribution in [0.3, 0.4) is 0 Å². The average molecular weight is 373 g/mol. The summed E-state index contributed by atoms with van der Waals surface area (Å²) < 4.78 is 28.3. The first-order valence-electron chi connectivity index (χ1n) is 8.50. The van der Waals surface area contributed by atoms with Crippen molar-refractivity contribution in [3.8, 4) is 0 Å². The van der Waals surface area contributed by atoms with Crippen molar-refractivity contribution in [1.29, 1.82) is 0 Å². The number of benzene rings is 2. The van der Waals surface area contributed by atoms with Crippen LogP contribution in [0, 0.1) is 0 Å². The third-order valence-corrected chi connectivity index (χ3v) is 6.08. The molecule has 3 rings (SSSR count). The lowest BCUT2D eigenvalue weighted by Crippen LogP contribution is -2.31. The molecule has 2 aromatic rings. The molecule has 26 heavy (non-hydrogen) atoms. The van der Waals surface area contributed by atoms with Crippen molar-refractivity contribution in [1.82, 2.24) is 9.62 Å². The summed E-state index contributed by atoms with van der Waals surface area (Å²) in [4.78, 5) is 13.5. The molecule has 0 heterocycles. The van der Waals surface area contributed by atoms with E-state index in [1.807, 2.05) is 12.1 Å². The van der Waals surface area contributed by atoms with Gasteiger partial charge in [-0.05, 0) is 66.8 Å². The molecular formula is C19H23N3O3S. The van der Waals surface area contributed by atoms with Crippen LogP contribution in [0.4, 0.5) is 5.69 Å². The number of anilines is 1. The second kappa shape index (κ2) is 7.09.